The third-order valence-electron chi connectivity index (χ3n) is 5.35. The first-order valence-electron chi connectivity index (χ1n) is 10.3. The molecule has 0 atom stereocenters. The van der Waals surface area contributed by atoms with Crippen LogP contribution < -0.4 is 10.2 Å². The number of carbonyl (C=O) groups is 2. The summed E-state index contributed by atoms with van der Waals surface area (Å²) in [7, 11) is 1.83. The number of carbonyl (C=O) groups excluding carboxylic acids is 2. The number of rotatable bonds is 4. The lowest BCUT2D eigenvalue weighted by molar-refractivity contribution is -0.123. The van der Waals surface area contributed by atoms with Crippen molar-refractivity contribution in [3.8, 4) is 0 Å². The van der Waals surface area contributed by atoms with E-state index in [1.54, 1.807) is 17.2 Å². The molecule has 0 bridgehead atoms. The zero-order valence-corrected chi connectivity index (χ0v) is 17.7. The quantitative estimate of drug-likeness (QED) is 0.867. The summed E-state index contributed by atoms with van der Waals surface area (Å²) in [6.07, 6.45) is 7.90. The Morgan fingerprint density at radius 1 is 1.21 bits per heavy atom. The van der Waals surface area contributed by atoms with Crippen LogP contribution in [-0.4, -0.2) is 33.8 Å². The van der Waals surface area contributed by atoms with Crippen molar-refractivity contribution in [2.45, 2.75) is 71.8 Å². The fraction of sp³-hybridized carbons (Fsp3) is 0.591. The Kier molecular flexibility index (Phi) is 5.77. The van der Waals surface area contributed by atoms with E-state index < -0.39 is 0 Å². The first kappa shape index (κ1) is 20.4. The van der Waals surface area contributed by atoms with E-state index in [-0.39, 0.29) is 23.3 Å². The van der Waals surface area contributed by atoms with Crippen LogP contribution in [0.3, 0.4) is 0 Å². The molecule has 1 N–H and O–H groups in total. The Hall–Kier alpha value is -2.37. The molecule has 2 amide bonds. The number of aromatic nitrogens is 2. The average molecular weight is 385 g/mol. The minimum Gasteiger partial charge on any atom is -0.347 e. The standard InChI is InChI=1S/C22H32N4O2/c1-6-17-20(25(5)21(28)15-10-8-7-9-11-15)26-14-16(12-13-18(26)23-17)19(27)24-22(2,3)4/h12-15H,6-11H2,1-5H3,(H,24,27). The van der Waals surface area contributed by atoms with Crippen molar-refractivity contribution in [1.29, 1.82) is 0 Å². The predicted molar refractivity (Wildman–Crippen MR) is 112 cm³/mol. The van der Waals surface area contributed by atoms with Gasteiger partial charge in [-0.05, 0) is 52.2 Å². The van der Waals surface area contributed by atoms with Crippen LogP contribution in [0.4, 0.5) is 5.82 Å². The second-order valence-corrected chi connectivity index (χ2v) is 8.82. The van der Waals surface area contributed by atoms with E-state index in [1.807, 2.05) is 45.2 Å². The van der Waals surface area contributed by atoms with E-state index in [0.29, 0.717) is 5.56 Å². The number of pyridine rings is 1. The van der Waals surface area contributed by atoms with Gasteiger partial charge in [-0.15, -0.1) is 0 Å². The van der Waals surface area contributed by atoms with Crippen LogP contribution in [0.25, 0.3) is 5.65 Å². The lowest BCUT2D eigenvalue weighted by Gasteiger charge is -2.26. The summed E-state index contributed by atoms with van der Waals surface area (Å²) < 4.78 is 1.89. The highest BCUT2D eigenvalue weighted by atomic mass is 16.2. The number of amides is 2. The Labute approximate surface area is 167 Å². The molecule has 2 aromatic heterocycles. The van der Waals surface area contributed by atoms with E-state index in [4.69, 9.17) is 4.98 Å². The maximum Gasteiger partial charge on any atom is 0.253 e. The molecule has 1 aliphatic rings. The van der Waals surface area contributed by atoms with Crippen LogP contribution in [0.2, 0.25) is 0 Å². The van der Waals surface area contributed by atoms with Gasteiger partial charge in [0.15, 0.2) is 0 Å². The highest BCUT2D eigenvalue weighted by molar-refractivity contribution is 5.96. The summed E-state index contributed by atoms with van der Waals surface area (Å²) in [4.78, 5) is 32.2. The number of anilines is 1. The number of fused-ring (bicyclic) bond motifs is 1. The van der Waals surface area contributed by atoms with Gasteiger partial charge in [0.2, 0.25) is 5.91 Å². The van der Waals surface area contributed by atoms with E-state index in [2.05, 4.69) is 5.32 Å². The lowest BCUT2D eigenvalue weighted by atomic mass is 9.88. The number of nitrogens with zero attached hydrogens (tertiary/aromatic N) is 3. The van der Waals surface area contributed by atoms with Gasteiger partial charge in [-0.3, -0.25) is 18.9 Å². The number of nitrogens with one attached hydrogen (secondary N) is 1. The molecule has 3 rings (SSSR count). The van der Waals surface area contributed by atoms with Gasteiger partial charge in [0, 0.05) is 24.7 Å². The molecule has 0 saturated heterocycles. The number of hydrogen-bond acceptors (Lipinski definition) is 3. The molecule has 2 aromatic rings. The van der Waals surface area contributed by atoms with Crippen LogP contribution in [0.1, 0.15) is 75.9 Å². The van der Waals surface area contributed by atoms with Gasteiger partial charge >= 0.3 is 0 Å². The molecule has 6 nitrogen and oxygen atoms in total. The molecular weight excluding hydrogens is 352 g/mol. The molecular formula is C22H32N4O2. The number of imidazole rings is 1. The van der Waals surface area contributed by atoms with Gasteiger partial charge in [-0.1, -0.05) is 26.2 Å². The fourth-order valence-corrected chi connectivity index (χ4v) is 3.95. The number of hydrogen-bond donors (Lipinski definition) is 1. The van der Waals surface area contributed by atoms with Gasteiger partial charge in [0.05, 0.1) is 11.3 Å². The van der Waals surface area contributed by atoms with E-state index in [0.717, 1.165) is 49.3 Å². The Balaban J connectivity index is 1.98. The highest BCUT2D eigenvalue weighted by Gasteiger charge is 2.28. The largest absolute Gasteiger partial charge is 0.347 e. The maximum atomic E-state index is 13.1. The van der Waals surface area contributed by atoms with E-state index >= 15 is 0 Å². The lowest BCUT2D eigenvalue weighted by Crippen LogP contribution is -2.40. The third-order valence-corrected chi connectivity index (χ3v) is 5.35. The molecule has 28 heavy (non-hydrogen) atoms. The molecule has 2 heterocycles. The molecule has 0 aromatic carbocycles. The maximum absolute atomic E-state index is 13.1. The third kappa shape index (κ3) is 4.21. The SMILES string of the molecule is CCc1nc2ccc(C(=O)NC(C)(C)C)cn2c1N(C)C(=O)C1CCCCC1. The first-order valence-corrected chi connectivity index (χ1v) is 10.3. The van der Waals surface area contributed by atoms with Crippen molar-refractivity contribution < 1.29 is 9.59 Å². The van der Waals surface area contributed by atoms with E-state index in [9.17, 15) is 9.59 Å². The van der Waals surface area contributed by atoms with Crippen LogP contribution in [0.5, 0.6) is 0 Å². The highest BCUT2D eigenvalue weighted by Crippen LogP contribution is 2.29. The second-order valence-electron chi connectivity index (χ2n) is 8.82. The monoisotopic (exact) mass is 384 g/mol. The topological polar surface area (TPSA) is 66.7 Å². The van der Waals surface area contributed by atoms with Gasteiger partial charge in [0.1, 0.15) is 11.5 Å². The summed E-state index contributed by atoms with van der Waals surface area (Å²) in [6, 6.07) is 3.63. The first-order chi connectivity index (χ1) is 13.2. The van der Waals surface area contributed by atoms with Crippen LogP contribution in [0.15, 0.2) is 18.3 Å². The molecule has 0 radical (unpaired) electrons. The minimum atomic E-state index is -0.313. The molecule has 152 valence electrons. The van der Waals surface area contributed by atoms with Crippen LogP contribution in [-0.2, 0) is 11.2 Å². The van der Waals surface area contributed by atoms with Crippen LogP contribution >= 0.6 is 0 Å². The zero-order chi connectivity index (χ0) is 20.5. The number of aryl methyl sites for hydroxylation is 1. The predicted octanol–water partition coefficient (Wildman–Crippen LogP) is 3.97. The van der Waals surface area contributed by atoms with Crippen molar-refractivity contribution >= 4 is 23.3 Å². The summed E-state index contributed by atoms with van der Waals surface area (Å²) in [5, 5.41) is 2.99. The average Bonchev–Trinajstić information content (AvgIpc) is 3.03. The fourth-order valence-electron chi connectivity index (χ4n) is 3.95. The molecule has 1 saturated carbocycles. The summed E-state index contributed by atoms with van der Waals surface area (Å²) in [5.41, 5.74) is 1.87. The van der Waals surface area contributed by atoms with Crippen molar-refractivity contribution in [2.24, 2.45) is 5.92 Å². The van der Waals surface area contributed by atoms with Crippen molar-refractivity contribution in [2.75, 3.05) is 11.9 Å². The second kappa shape index (κ2) is 7.94. The molecule has 1 fully saturated rings. The Morgan fingerprint density at radius 2 is 1.89 bits per heavy atom. The Bertz CT molecular complexity index is 873. The van der Waals surface area contributed by atoms with Gasteiger partial charge < -0.3 is 5.32 Å². The summed E-state index contributed by atoms with van der Waals surface area (Å²) >= 11 is 0. The zero-order valence-electron chi connectivity index (χ0n) is 17.7. The minimum absolute atomic E-state index is 0.0846. The summed E-state index contributed by atoms with van der Waals surface area (Å²) in [5.74, 6) is 0.883. The van der Waals surface area contributed by atoms with E-state index in [1.165, 1.54) is 6.42 Å². The molecule has 1 aliphatic carbocycles. The molecule has 0 spiro atoms. The van der Waals surface area contributed by atoms with Crippen molar-refractivity contribution in [3.05, 3.63) is 29.6 Å². The van der Waals surface area contributed by atoms with Crippen LogP contribution in [0, 0.1) is 5.92 Å². The van der Waals surface area contributed by atoms with Gasteiger partial charge in [-0.2, -0.15) is 0 Å². The Morgan fingerprint density at radius 3 is 2.50 bits per heavy atom. The van der Waals surface area contributed by atoms with Crippen molar-refractivity contribution in [3.63, 3.8) is 0 Å². The normalized spacial score (nSPS) is 15.6. The molecule has 6 heteroatoms. The van der Waals surface area contributed by atoms with Gasteiger partial charge in [-0.25, -0.2) is 4.98 Å². The smallest absolute Gasteiger partial charge is 0.253 e. The molecule has 0 aliphatic heterocycles. The van der Waals surface area contributed by atoms with Crippen molar-refractivity contribution in [1.82, 2.24) is 14.7 Å². The van der Waals surface area contributed by atoms with Gasteiger partial charge in [0.25, 0.3) is 5.91 Å². The molecule has 0 unspecified atom stereocenters. The summed E-state index contributed by atoms with van der Waals surface area (Å²) in [6.45, 7) is 7.91.